The summed E-state index contributed by atoms with van der Waals surface area (Å²) in [5.74, 6) is 1.15. The Kier molecular flexibility index (Phi) is 15.9. The van der Waals surface area contributed by atoms with Crippen molar-refractivity contribution in [2.75, 3.05) is 24.9 Å². The topological polar surface area (TPSA) is 184 Å². The molecule has 14 nitrogen and oxygen atoms in total. The third kappa shape index (κ3) is 11.1. The molecular weight excluding hydrogens is 920 g/mol. The molecular formula is C53H64Cl2N6O8. The molecule has 4 aromatic rings. The summed E-state index contributed by atoms with van der Waals surface area (Å²) in [5, 5.41) is 16.7. The first kappa shape index (κ1) is 51.0. The van der Waals surface area contributed by atoms with Crippen molar-refractivity contribution in [2.45, 2.75) is 130 Å². The minimum Gasteiger partial charge on any atom is -0.496 e. The van der Waals surface area contributed by atoms with Gasteiger partial charge < -0.3 is 40.7 Å². The fourth-order valence-electron chi connectivity index (χ4n) is 10.2. The zero-order valence-electron chi connectivity index (χ0n) is 40.5. The van der Waals surface area contributed by atoms with Crippen LogP contribution in [0.2, 0.25) is 10.0 Å². The van der Waals surface area contributed by atoms with E-state index in [0.29, 0.717) is 72.2 Å². The van der Waals surface area contributed by atoms with E-state index in [2.05, 4.69) is 10.6 Å². The normalized spacial score (nSPS) is 19.8. The number of carbonyl (C=O) groups excluding carboxylic acids is 4. The molecule has 5 N–H and O–H groups in total. The van der Waals surface area contributed by atoms with Crippen molar-refractivity contribution >= 4 is 64.3 Å². The summed E-state index contributed by atoms with van der Waals surface area (Å²) in [6, 6.07) is 18.6. The highest BCUT2D eigenvalue weighted by atomic mass is 35.5. The van der Waals surface area contributed by atoms with Crippen LogP contribution in [0.25, 0.3) is 0 Å². The number of nitrogens with zero attached hydrogens (tertiary/aromatic N) is 3. The Bertz CT molecular complexity index is 2620. The Balaban J connectivity index is 0.000000208. The van der Waals surface area contributed by atoms with Gasteiger partial charge in [-0.3, -0.25) is 24.1 Å². The molecule has 0 atom stereocenters. The largest absolute Gasteiger partial charge is 0.496 e. The second-order valence-corrected chi connectivity index (χ2v) is 20.4. The third-order valence-corrected chi connectivity index (χ3v) is 14.9. The number of halogens is 2. The van der Waals surface area contributed by atoms with Crippen LogP contribution in [0, 0.1) is 25.7 Å². The number of anilines is 2. The highest BCUT2D eigenvalue weighted by Crippen LogP contribution is 2.40. The zero-order valence-corrected chi connectivity index (χ0v) is 42.1. The van der Waals surface area contributed by atoms with Crippen molar-refractivity contribution in [3.63, 3.8) is 0 Å². The van der Waals surface area contributed by atoms with Crippen molar-refractivity contribution in [3.8, 4) is 11.5 Å². The number of benzene rings is 4. The van der Waals surface area contributed by atoms with E-state index in [1.165, 1.54) is 4.90 Å². The lowest BCUT2D eigenvalue weighted by Crippen LogP contribution is -2.44. The van der Waals surface area contributed by atoms with Gasteiger partial charge in [0.05, 0.1) is 35.4 Å². The molecule has 2 heterocycles. The average Bonchev–Trinajstić information content (AvgIpc) is 3.87. The molecule has 4 aromatic carbocycles. The van der Waals surface area contributed by atoms with Crippen LogP contribution in [0.4, 0.5) is 16.2 Å². The van der Waals surface area contributed by atoms with E-state index in [0.717, 1.165) is 76.3 Å². The Labute approximate surface area is 414 Å². The maximum absolute atomic E-state index is 13.5. The lowest BCUT2D eigenvalue weighted by Gasteiger charge is -2.34. The van der Waals surface area contributed by atoms with E-state index >= 15 is 0 Å². The van der Waals surface area contributed by atoms with Gasteiger partial charge in [0.1, 0.15) is 11.5 Å². The number of carboxylic acid groups (broad SMARTS) is 1. The first-order chi connectivity index (χ1) is 32.8. The maximum Gasteiger partial charge on any atom is 0.408 e. The average molecular weight is 984 g/mol. The summed E-state index contributed by atoms with van der Waals surface area (Å²) >= 11 is 12.8. The predicted octanol–water partition coefficient (Wildman–Crippen LogP) is 10.4. The van der Waals surface area contributed by atoms with E-state index in [9.17, 15) is 29.1 Å². The molecule has 2 saturated carbocycles. The van der Waals surface area contributed by atoms with Crippen molar-refractivity contribution in [3.05, 3.63) is 115 Å². The number of hydrogen-bond acceptors (Lipinski definition) is 8. The molecule has 5 amide bonds. The van der Waals surface area contributed by atoms with Crippen LogP contribution in [-0.4, -0.2) is 81.4 Å². The Morgan fingerprint density at radius 2 is 1.09 bits per heavy atom. The van der Waals surface area contributed by atoms with Crippen molar-refractivity contribution in [1.29, 1.82) is 0 Å². The minimum absolute atomic E-state index is 0.000489. The van der Waals surface area contributed by atoms with E-state index in [1.54, 1.807) is 26.4 Å². The fourth-order valence-corrected chi connectivity index (χ4v) is 10.7. The Morgan fingerprint density at radius 1 is 0.681 bits per heavy atom. The highest BCUT2D eigenvalue weighted by Gasteiger charge is 2.41. The molecule has 0 unspecified atom stereocenters. The van der Waals surface area contributed by atoms with Crippen LogP contribution >= 0.6 is 23.2 Å². The van der Waals surface area contributed by atoms with Crippen LogP contribution in [0.3, 0.4) is 0 Å². The van der Waals surface area contributed by atoms with Gasteiger partial charge in [-0.05, 0) is 144 Å². The standard InChI is InChI=1S/C29H36ClN3O5.C24H28ClN3O3/c1-17-6-10-20(14-24(17)38-5)31-26(34)18-7-11-21(12-8-18)32-16-22-19(9-13-23(30)25(22)27(32)35)15-33(28(36)37)29(2,3)4;1-14-3-7-17(11-21(14)31-2)27-23(29)15-4-8-18(9-5-15)28-13-19-16(12-26)6-10-20(25)22(19)24(28)30/h6,9-10,13-14,18,21H,7-8,11-12,15-16H2,1-5H3,(H,31,34)(H,36,37);3,6-7,10-11,15,18H,4-5,8-9,12-13,26H2,1-2H3,(H,27,29). The number of ether oxygens (including phenoxy) is 2. The van der Waals surface area contributed by atoms with Gasteiger partial charge in [-0.15, -0.1) is 0 Å². The smallest absolute Gasteiger partial charge is 0.408 e. The van der Waals surface area contributed by atoms with Crippen molar-refractivity contribution < 1.29 is 38.6 Å². The molecule has 0 spiro atoms. The van der Waals surface area contributed by atoms with Gasteiger partial charge in [-0.25, -0.2) is 4.79 Å². The quantitative estimate of drug-likeness (QED) is 0.114. The number of amides is 5. The van der Waals surface area contributed by atoms with Crippen LogP contribution in [0.1, 0.15) is 126 Å². The SMILES string of the molecule is COc1cc(NC(=O)C2CCC(N3Cc4c(CN(C(=O)O)C(C)(C)C)ccc(Cl)c4C3=O)CC2)ccc1C.COc1cc(NC(=O)C2CCC(N3Cc4c(CN)ccc(Cl)c4C3=O)CC2)ccc1C. The lowest BCUT2D eigenvalue weighted by molar-refractivity contribution is -0.121. The van der Waals surface area contributed by atoms with Gasteiger partial charge in [0, 0.05) is 79.1 Å². The summed E-state index contributed by atoms with van der Waals surface area (Å²) in [6.45, 7) is 11.0. The fraction of sp³-hybridized carbons (Fsp3) is 0.453. The van der Waals surface area contributed by atoms with Crippen LogP contribution < -0.4 is 25.8 Å². The second-order valence-electron chi connectivity index (χ2n) is 19.6. The Hall–Kier alpha value is -5.83. The molecule has 4 aliphatic rings. The number of methoxy groups -OCH3 is 2. The maximum atomic E-state index is 13.5. The van der Waals surface area contributed by atoms with Crippen LogP contribution in [-0.2, 0) is 35.8 Å². The molecule has 2 aliphatic carbocycles. The Morgan fingerprint density at radius 3 is 1.46 bits per heavy atom. The van der Waals surface area contributed by atoms with E-state index in [4.69, 9.17) is 38.4 Å². The molecule has 0 radical (unpaired) electrons. The number of aryl methyl sites for hydroxylation is 2. The summed E-state index contributed by atoms with van der Waals surface area (Å²) in [5.41, 5.74) is 13.3. The van der Waals surface area contributed by atoms with Crippen molar-refractivity contribution in [2.24, 2.45) is 17.6 Å². The van der Waals surface area contributed by atoms with Crippen molar-refractivity contribution in [1.82, 2.24) is 14.7 Å². The summed E-state index contributed by atoms with van der Waals surface area (Å²) in [6.07, 6.45) is 4.86. The molecule has 368 valence electrons. The molecule has 8 rings (SSSR count). The molecule has 0 saturated heterocycles. The first-order valence-corrected chi connectivity index (χ1v) is 24.4. The number of rotatable bonds is 11. The molecule has 69 heavy (non-hydrogen) atoms. The van der Waals surface area contributed by atoms with E-state index < -0.39 is 11.6 Å². The summed E-state index contributed by atoms with van der Waals surface area (Å²) < 4.78 is 10.7. The second kappa shape index (κ2) is 21.4. The first-order valence-electron chi connectivity index (χ1n) is 23.7. The monoisotopic (exact) mass is 982 g/mol. The predicted molar refractivity (Wildman–Crippen MR) is 268 cm³/mol. The number of carbonyl (C=O) groups is 5. The van der Waals surface area contributed by atoms with Gasteiger partial charge in [0.15, 0.2) is 0 Å². The molecule has 0 aromatic heterocycles. The number of nitrogens with one attached hydrogen (secondary N) is 2. The van der Waals surface area contributed by atoms with Crippen LogP contribution in [0.15, 0.2) is 60.7 Å². The zero-order chi connectivity index (χ0) is 49.9. The van der Waals surface area contributed by atoms with Gasteiger partial charge in [0.25, 0.3) is 11.8 Å². The highest BCUT2D eigenvalue weighted by molar-refractivity contribution is 6.35. The van der Waals surface area contributed by atoms with E-state index in [-0.39, 0.29) is 54.1 Å². The molecule has 16 heteroatoms. The summed E-state index contributed by atoms with van der Waals surface area (Å²) in [7, 11) is 3.23. The number of fused-ring (bicyclic) bond motifs is 2. The molecule has 2 fully saturated rings. The van der Waals surface area contributed by atoms with Gasteiger partial charge in [0.2, 0.25) is 11.8 Å². The number of nitrogens with two attached hydrogens (primary N) is 1. The van der Waals surface area contributed by atoms with Crippen LogP contribution in [0.5, 0.6) is 11.5 Å². The van der Waals surface area contributed by atoms with Gasteiger partial charge in [-0.1, -0.05) is 47.5 Å². The third-order valence-electron chi connectivity index (χ3n) is 14.3. The van der Waals surface area contributed by atoms with Gasteiger partial charge >= 0.3 is 6.09 Å². The summed E-state index contributed by atoms with van der Waals surface area (Å²) in [4.78, 5) is 69.3. The number of hydrogen-bond donors (Lipinski definition) is 4. The molecule has 2 aliphatic heterocycles. The molecule has 0 bridgehead atoms. The lowest BCUT2D eigenvalue weighted by atomic mass is 9.84. The minimum atomic E-state index is -1.01. The van der Waals surface area contributed by atoms with E-state index in [1.807, 2.05) is 92.9 Å². The van der Waals surface area contributed by atoms with Gasteiger partial charge in [-0.2, -0.15) is 0 Å².